The van der Waals surface area contributed by atoms with Crippen LogP contribution in [0.1, 0.15) is 5.56 Å². The Morgan fingerprint density at radius 3 is 2.35 bits per heavy atom. The first-order chi connectivity index (χ1) is 9.65. The van der Waals surface area contributed by atoms with Crippen molar-refractivity contribution in [3.8, 4) is 11.8 Å². The summed E-state index contributed by atoms with van der Waals surface area (Å²) in [4.78, 5) is 8.17. The minimum absolute atomic E-state index is 0.488. The molecule has 20 heavy (non-hydrogen) atoms. The molecule has 1 aromatic heterocycles. The van der Waals surface area contributed by atoms with Crippen LogP contribution in [0.25, 0.3) is 0 Å². The molecule has 0 fully saturated rings. The molecule has 0 saturated heterocycles. The van der Waals surface area contributed by atoms with E-state index in [4.69, 9.17) is 9.47 Å². The van der Waals surface area contributed by atoms with E-state index in [1.165, 1.54) is 6.33 Å². The number of aromatic nitrogens is 2. The summed E-state index contributed by atoms with van der Waals surface area (Å²) in [7, 11) is 3.14. The van der Waals surface area contributed by atoms with Gasteiger partial charge in [0.05, 0.1) is 26.3 Å². The number of hydrogen-bond acceptors (Lipinski definition) is 5. The van der Waals surface area contributed by atoms with E-state index in [9.17, 15) is 0 Å². The third kappa shape index (κ3) is 3.40. The van der Waals surface area contributed by atoms with Gasteiger partial charge in [0, 0.05) is 14.6 Å². The maximum absolute atomic E-state index is 5.24. The van der Waals surface area contributed by atoms with Crippen LogP contribution >= 0.6 is 31.9 Å². The molecule has 0 spiro atoms. The number of rotatable bonds is 5. The standard InChI is InChI=1S/C13H13Br2N3O2/c1-19-12-9(13(20-2)18-7-17-12)6-16-11-5-8(14)3-4-10(11)15/h3-5,7,16H,6H2,1-2H3. The molecule has 1 aromatic carbocycles. The van der Waals surface area contributed by atoms with Gasteiger partial charge in [0.1, 0.15) is 6.33 Å². The maximum Gasteiger partial charge on any atom is 0.225 e. The molecule has 0 aliphatic heterocycles. The Kier molecular flexibility index (Phi) is 5.19. The second kappa shape index (κ2) is 6.90. The summed E-state index contributed by atoms with van der Waals surface area (Å²) in [5, 5.41) is 3.30. The predicted molar refractivity (Wildman–Crippen MR) is 84.3 cm³/mol. The Bertz CT molecular complexity index is 586. The van der Waals surface area contributed by atoms with Crippen molar-refractivity contribution < 1.29 is 9.47 Å². The lowest BCUT2D eigenvalue weighted by molar-refractivity contribution is 0.363. The summed E-state index contributed by atoms with van der Waals surface area (Å²) in [6.45, 7) is 0.488. The molecule has 0 bridgehead atoms. The summed E-state index contributed by atoms with van der Waals surface area (Å²) >= 11 is 6.94. The zero-order valence-electron chi connectivity index (χ0n) is 11.0. The van der Waals surface area contributed by atoms with Gasteiger partial charge in [-0.3, -0.25) is 0 Å². The third-order valence-electron chi connectivity index (χ3n) is 2.64. The summed E-state index contributed by atoms with van der Waals surface area (Å²) < 4.78 is 12.4. The van der Waals surface area contributed by atoms with Crippen molar-refractivity contribution in [2.24, 2.45) is 0 Å². The van der Waals surface area contributed by atoms with Gasteiger partial charge in [0.2, 0.25) is 11.8 Å². The van der Waals surface area contributed by atoms with Crippen LogP contribution in [0, 0.1) is 0 Å². The SMILES string of the molecule is COc1ncnc(OC)c1CNc1cc(Br)ccc1Br. The fraction of sp³-hybridized carbons (Fsp3) is 0.231. The fourth-order valence-corrected chi connectivity index (χ4v) is 2.45. The molecular weight excluding hydrogens is 390 g/mol. The molecule has 0 aliphatic rings. The molecule has 0 radical (unpaired) electrons. The first-order valence-corrected chi connectivity index (χ1v) is 7.35. The first-order valence-electron chi connectivity index (χ1n) is 5.76. The van der Waals surface area contributed by atoms with Crippen LogP contribution < -0.4 is 14.8 Å². The maximum atomic E-state index is 5.24. The smallest absolute Gasteiger partial charge is 0.225 e. The molecule has 0 amide bonds. The molecule has 0 unspecified atom stereocenters. The highest BCUT2D eigenvalue weighted by Crippen LogP contribution is 2.29. The van der Waals surface area contributed by atoms with Crippen LogP contribution in [0.5, 0.6) is 11.8 Å². The topological polar surface area (TPSA) is 56.3 Å². The van der Waals surface area contributed by atoms with E-state index in [0.717, 1.165) is 20.2 Å². The van der Waals surface area contributed by atoms with Crippen LogP contribution in [0.4, 0.5) is 5.69 Å². The third-order valence-corrected chi connectivity index (χ3v) is 3.82. The van der Waals surface area contributed by atoms with Crippen LogP contribution in [0.3, 0.4) is 0 Å². The molecular formula is C13H13Br2N3O2. The minimum Gasteiger partial charge on any atom is -0.481 e. The molecule has 1 N–H and O–H groups in total. The summed E-state index contributed by atoms with van der Waals surface area (Å²) in [6.07, 6.45) is 1.41. The van der Waals surface area contributed by atoms with Gasteiger partial charge in [-0.1, -0.05) is 15.9 Å². The van der Waals surface area contributed by atoms with Gasteiger partial charge >= 0.3 is 0 Å². The zero-order valence-corrected chi connectivity index (χ0v) is 14.2. The molecule has 2 aromatic rings. The summed E-state index contributed by atoms with van der Waals surface area (Å²) in [5.74, 6) is 0.992. The van der Waals surface area contributed by atoms with E-state index in [1.54, 1.807) is 14.2 Å². The molecule has 7 heteroatoms. The average Bonchev–Trinajstić information content (AvgIpc) is 2.47. The Morgan fingerprint density at radius 1 is 1.10 bits per heavy atom. The average molecular weight is 403 g/mol. The largest absolute Gasteiger partial charge is 0.481 e. The number of ether oxygens (including phenoxy) is 2. The van der Waals surface area contributed by atoms with E-state index in [2.05, 4.69) is 47.1 Å². The highest BCUT2D eigenvalue weighted by molar-refractivity contribution is 9.11. The Labute approximate surface area is 134 Å². The van der Waals surface area contributed by atoms with Crippen molar-refractivity contribution in [2.75, 3.05) is 19.5 Å². The van der Waals surface area contributed by atoms with E-state index in [-0.39, 0.29) is 0 Å². The second-order valence-electron chi connectivity index (χ2n) is 3.85. The van der Waals surface area contributed by atoms with Gasteiger partial charge in [-0.05, 0) is 34.1 Å². The predicted octanol–water partition coefficient (Wildman–Crippen LogP) is 3.63. The van der Waals surface area contributed by atoms with Gasteiger partial charge < -0.3 is 14.8 Å². The lowest BCUT2D eigenvalue weighted by Gasteiger charge is -2.13. The van der Waals surface area contributed by atoms with Gasteiger partial charge in [0.25, 0.3) is 0 Å². The number of nitrogens with one attached hydrogen (secondary N) is 1. The number of anilines is 1. The monoisotopic (exact) mass is 401 g/mol. The van der Waals surface area contributed by atoms with Gasteiger partial charge in [0.15, 0.2) is 0 Å². The first kappa shape index (κ1) is 15.1. The van der Waals surface area contributed by atoms with Gasteiger partial charge in [-0.15, -0.1) is 0 Å². The van der Waals surface area contributed by atoms with E-state index >= 15 is 0 Å². The normalized spacial score (nSPS) is 10.2. The highest BCUT2D eigenvalue weighted by atomic mass is 79.9. The van der Waals surface area contributed by atoms with E-state index < -0.39 is 0 Å². The Hall–Kier alpha value is -1.34. The molecule has 106 valence electrons. The number of methoxy groups -OCH3 is 2. The van der Waals surface area contributed by atoms with Crippen molar-refractivity contribution in [2.45, 2.75) is 6.54 Å². The highest BCUT2D eigenvalue weighted by Gasteiger charge is 2.13. The lowest BCUT2D eigenvalue weighted by Crippen LogP contribution is -2.07. The second-order valence-corrected chi connectivity index (χ2v) is 5.62. The summed E-state index contributed by atoms with van der Waals surface area (Å²) in [6, 6.07) is 5.90. The Morgan fingerprint density at radius 2 is 1.75 bits per heavy atom. The van der Waals surface area contributed by atoms with Gasteiger partial charge in [-0.2, -0.15) is 0 Å². The summed E-state index contributed by atoms with van der Waals surface area (Å²) in [5.41, 5.74) is 1.72. The quantitative estimate of drug-likeness (QED) is 0.827. The molecule has 5 nitrogen and oxygen atoms in total. The van der Waals surface area contributed by atoms with E-state index in [1.807, 2.05) is 18.2 Å². The van der Waals surface area contributed by atoms with Crippen molar-refractivity contribution in [1.82, 2.24) is 9.97 Å². The van der Waals surface area contributed by atoms with Crippen LogP contribution in [0.2, 0.25) is 0 Å². The lowest BCUT2D eigenvalue weighted by atomic mass is 10.2. The molecule has 2 rings (SSSR count). The molecule has 1 heterocycles. The zero-order chi connectivity index (χ0) is 14.5. The van der Waals surface area contributed by atoms with Crippen LogP contribution in [0.15, 0.2) is 33.5 Å². The van der Waals surface area contributed by atoms with Crippen LogP contribution in [-0.2, 0) is 6.54 Å². The number of halogens is 2. The van der Waals surface area contributed by atoms with Crippen molar-refractivity contribution >= 4 is 37.5 Å². The number of benzene rings is 1. The molecule has 0 atom stereocenters. The Balaban J connectivity index is 2.24. The molecule has 0 saturated carbocycles. The number of hydrogen-bond donors (Lipinski definition) is 1. The van der Waals surface area contributed by atoms with Crippen molar-refractivity contribution in [3.63, 3.8) is 0 Å². The van der Waals surface area contributed by atoms with Crippen LogP contribution in [-0.4, -0.2) is 24.2 Å². The van der Waals surface area contributed by atoms with Gasteiger partial charge in [-0.25, -0.2) is 9.97 Å². The minimum atomic E-state index is 0.488. The van der Waals surface area contributed by atoms with Crippen molar-refractivity contribution in [1.29, 1.82) is 0 Å². The number of nitrogens with zero attached hydrogens (tertiary/aromatic N) is 2. The fourth-order valence-electron chi connectivity index (χ4n) is 1.70. The van der Waals surface area contributed by atoms with Crippen molar-refractivity contribution in [3.05, 3.63) is 39.0 Å². The van der Waals surface area contributed by atoms with E-state index in [0.29, 0.717) is 18.3 Å². The molecule has 0 aliphatic carbocycles.